The number of hydrogen-bond donors (Lipinski definition) is 4. The van der Waals surface area contributed by atoms with Crippen molar-refractivity contribution >= 4 is 27.9 Å². The molecule has 10 nitrogen and oxygen atoms in total. The number of amides is 3. The van der Waals surface area contributed by atoms with E-state index in [-0.39, 0.29) is 31.0 Å². The highest BCUT2D eigenvalue weighted by molar-refractivity contribution is 7.89. The van der Waals surface area contributed by atoms with Gasteiger partial charge in [-0.25, -0.2) is 18.0 Å². The van der Waals surface area contributed by atoms with E-state index >= 15 is 0 Å². The number of aliphatic carboxylic acids is 1. The van der Waals surface area contributed by atoms with Crippen LogP contribution in [0, 0.1) is 13.8 Å². The van der Waals surface area contributed by atoms with Crippen LogP contribution in [-0.2, 0) is 26.2 Å². The molecule has 0 unspecified atom stereocenters. The molecule has 2 atom stereocenters. The Morgan fingerprint density at radius 3 is 2.34 bits per heavy atom. The van der Waals surface area contributed by atoms with Crippen molar-refractivity contribution in [2.24, 2.45) is 0 Å². The summed E-state index contributed by atoms with van der Waals surface area (Å²) < 4.78 is 27.6. The summed E-state index contributed by atoms with van der Waals surface area (Å²) >= 11 is 0. The summed E-state index contributed by atoms with van der Waals surface area (Å²) in [7, 11) is -3.95. The van der Waals surface area contributed by atoms with Gasteiger partial charge in [-0.3, -0.25) is 4.79 Å². The van der Waals surface area contributed by atoms with E-state index < -0.39 is 40.0 Å². The molecule has 2 aromatic rings. The quantitative estimate of drug-likeness (QED) is 0.409. The summed E-state index contributed by atoms with van der Waals surface area (Å²) in [5.41, 5.74) is 2.44. The molecular weight excluding hydrogens is 472 g/mol. The zero-order chi connectivity index (χ0) is 25.6. The Labute approximate surface area is 204 Å². The van der Waals surface area contributed by atoms with Gasteiger partial charge in [-0.15, -0.1) is 0 Å². The van der Waals surface area contributed by atoms with Crippen molar-refractivity contribution in [3.05, 3.63) is 65.2 Å². The van der Waals surface area contributed by atoms with Crippen LogP contribution in [-0.4, -0.2) is 60.9 Å². The molecule has 1 fully saturated rings. The van der Waals surface area contributed by atoms with E-state index in [1.807, 2.05) is 36.4 Å². The fourth-order valence-electron chi connectivity index (χ4n) is 4.01. The van der Waals surface area contributed by atoms with Crippen LogP contribution in [0.15, 0.2) is 53.4 Å². The lowest BCUT2D eigenvalue weighted by molar-refractivity contribution is -0.142. The standard InChI is InChI=1S/C24H30N4O6S/c1-16-11-17(2)13-19(12-16)35(33,34)28-10-6-9-21(28)22(29)27-20(23(30)31)15-26-24(32)25-14-18-7-4-3-5-8-18/h3-5,7-8,11-13,20-21H,6,9-10,14-15H2,1-2H3,(H,27,29)(H,30,31)(H2,25,26,32)/t20-,21-/m0/s1. The number of hydrogen-bond acceptors (Lipinski definition) is 5. The van der Waals surface area contributed by atoms with Crippen molar-refractivity contribution < 1.29 is 27.9 Å². The number of rotatable bonds is 9. The summed E-state index contributed by atoms with van der Waals surface area (Å²) in [6.07, 6.45) is 0.743. The third-order valence-corrected chi connectivity index (χ3v) is 7.57. The van der Waals surface area contributed by atoms with Crippen LogP contribution in [0.5, 0.6) is 0 Å². The monoisotopic (exact) mass is 502 g/mol. The van der Waals surface area contributed by atoms with Crippen molar-refractivity contribution in [3.8, 4) is 0 Å². The fraction of sp³-hybridized carbons (Fsp3) is 0.375. The summed E-state index contributed by atoms with van der Waals surface area (Å²) in [6, 6.07) is 11.1. The number of sulfonamides is 1. The van der Waals surface area contributed by atoms with Gasteiger partial charge in [0.1, 0.15) is 12.1 Å². The minimum absolute atomic E-state index is 0.0984. The predicted octanol–water partition coefficient (Wildman–Crippen LogP) is 1.53. The maximum atomic E-state index is 13.2. The smallest absolute Gasteiger partial charge is 0.328 e. The molecule has 0 bridgehead atoms. The Morgan fingerprint density at radius 1 is 1.06 bits per heavy atom. The minimum Gasteiger partial charge on any atom is -0.480 e. The zero-order valence-electron chi connectivity index (χ0n) is 19.7. The van der Waals surface area contributed by atoms with E-state index in [0.717, 1.165) is 21.0 Å². The Hall–Kier alpha value is -3.44. The lowest BCUT2D eigenvalue weighted by atomic mass is 10.2. The summed E-state index contributed by atoms with van der Waals surface area (Å²) in [6.45, 7) is 3.63. The highest BCUT2D eigenvalue weighted by atomic mass is 32.2. The number of nitrogens with one attached hydrogen (secondary N) is 3. The third-order valence-electron chi connectivity index (χ3n) is 5.69. The lowest BCUT2D eigenvalue weighted by Crippen LogP contribution is -2.54. The van der Waals surface area contributed by atoms with Gasteiger partial charge < -0.3 is 21.1 Å². The van der Waals surface area contributed by atoms with Crippen LogP contribution in [0.2, 0.25) is 0 Å². The molecular formula is C24H30N4O6S. The molecule has 4 N–H and O–H groups in total. The number of urea groups is 1. The van der Waals surface area contributed by atoms with E-state index in [0.29, 0.717) is 6.42 Å². The van der Waals surface area contributed by atoms with Crippen LogP contribution in [0.4, 0.5) is 4.79 Å². The SMILES string of the molecule is Cc1cc(C)cc(S(=O)(=O)N2CCC[C@H]2C(=O)N[C@@H](CNC(=O)NCc2ccccc2)C(=O)O)c1. The van der Waals surface area contributed by atoms with E-state index in [1.54, 1.807) is 26.0 Å². The van der Waals surface area contributed by atoms with Crippen LogP contribution in [0.3, 0.4) is 0 Å². The number of nitrogens with zero attached hydrogens (tertiary/aromatic N) is 1. The van der Waals surface area contributed by atoms with Gasteiger partial charge in [-0.1, -0.05) is 36.4 Å². The highest BCUT2D eigenvalue weighted by Gasteiger charge is 2.40. The van der Waals surface area contributed by atoms with Crippen LogP contribution in [0.1, 0.15) is 29.5 Å². The maximum Gasteiger partial charge on any atom is 0.328 e. The van der Waals surface area contributed by atoms with Crippen molar-refractivity contribution in [3.63, 3.8) is 0 Å². The number of carboxylic acid groups (broad SMARTS) is 1. The Balaban J connectivity index is 1.62. The van der Waals surface area contributed by atoms with E-state index in [1.165, 1.54) is 0 Å². The number of carbonyl (C=O) groups excluding carboxylic acids is 2. The molecule has 11 heteroatoms. The van der Waals surface area contributed by atoms with Crippen LogP contribution in [0.25, 0.3) is 0 Å². The van der Waals surface area contributed by atoms with Gasteiger partial charge in [0.15, 0.2) is 0 Å². The first-order valence-electron chi connectivity index (χ1n) is 11.3. The first-order chi connectivity index (χ1) is 16.6. The molecule has 35 heavy (non-hydrogen) atoms. The predicted molar refractivity (Wildman–Crippen MR) is 129 cm³/mol. The fourth-order valence-corrected chi connectivity index (χ4v) is 5.86. The molecule has 1 saturated heterocycles. The second-order valence-electron chi connectivity index (χ2n) is 8.55. The Kier molecular flexibility index (Phi) is 8.47. The summed E-state index contributed by atoms with van der Waals surface area (Å²) in [5, 5.41) is 17.0. The molecule has 0 aliphatic carbocycles. The lowest BCUT2D eigenvalue weighted by Gasteiger charge is -2.25. The van der Waals surface area contributed by atoms with Gasteiger partial charge in [0.2, 0.25) is 15.9 Å². The maximum absolute atomic E-state index is 13.2. The van der Waals surface area contributed by atoms with E-state index in [4.69, 9.17) is 0 Å². The highest BCUT2D eigenvalue weighted by Crippen LogP contribution is 2.27. The molecule has 0 aromatic heterocycles. The normalized spacial score (nSPS) is 16.9. The number of aryl methyl sites for hydroxylation is 2. The summed E-state index contributed by atoms with van der Waals surface area (Å²) in [4.78, 5) is 36.8. The first-order valence-corrected chi connectivity index (χ1v) is 12.7. The second kappa shape index (κ2) is 11.3. The zero-order valence-corrected chi connectivity index (χ0v) is 20.5. The Morgan fingerprint density at radius 2 is 1.71 bits per heavy atom. The Bertz CT molecular complexity index is 1170. The molecule has 1 aliphatic rings. The van der Waals surface area contributed by atoms with Gasteiger partial charge in [0.25, 0.3) is 0 Å². The number of carboxylic acids is 1. The van der Waals surface area contributed by atoms with Gasteiger partial charge >= 0.3 is 12.0 Å². The van der Waals surface area contributed by atoms with E-state index in [9.17, 15) is 27.9 Å². The average Bonchev–Trinajstić information content (AvgIpc) is 3.31. The van der Waals surface area contributed by atoms with Gasteiger partial charge in [0, 0.05) is 13.1 Å². The molecule has 1 heterocycles. The molecule has 0 saturated carbocycles. The summed E-state index contributed by atoms with van der Waals surface area (Å²) in [5.74, 6) is -2.06. The van der Waals surface area contributed by atoms with E-state index in [2.05, 4.69) is 16.0 Å². The number of carbonyl (C=O) groups is 3. The van der Waals surface area contributed by atoms with Gasteiger partial charge in [0.05, 0.1) is 11.4 Å². The van der Waals surface area contributed by atoms with Crippen molar-refractivity contribution in [2.75, 3.05) is 13.1 Å². The van der Waals surface area contributed by atoms with Crippen LogP contribution >= 0.6 is 0 Å². The minimum atomic E-state index is -3.95. The molecule has 2 aromatic carbocycles. The molecule has 0 spiro atoms. The largest absolute Gasteiger partial charge is 0.480 e. The molecule has 3 rings (SSSR count). The number of benzene rings is 2. The van der Waals surface area contributed by atoms with Crippen molar-refractivity contribution in [2.45, 2.75) is 50.2 Å². The first kappa shape index (κ1) is 26.2. The van der Waals surface area contributed by atoms with Gasteiger partial charge in [-0.05, 0) is 55.5 Å². The average molecular weight is 503 g/mol. The molecule has 0 radical (unpaired) electrons. The molecule has 188 valence electrons. The molecule has 3 amide bonds. The molecule has 1 aliphatic heterocycles. The van der Waals surface area contributed by atoms with Crippen molar-refractivity contribution in [1.82, 2.24) is 20.3 Å². The second-order valence-corrected chi connectivity index (χ2v) is 10.4. The third kappa shape index (κ3) is 6.80. The van der Waals surface area contributed by atoms with Crippen LogP contribution < -0.4 is 16.0 Å². The van der Waals surface area contributed by atoms with Crippen molar-refractivity contribution in [1.29, 1.82) is 0 Å². The topological polar surface area (TPSA) is 145 Å². The van der Waals surface area contributed by atoms with Gasteiger partial charge in [-0.2, -0.15) is 4.31 Å².